The minimum Gasteiger partial charge on any atom is -0.384 e. The molecule has 1 aliphatic heterocycles. The fourth-order valence-electron chi connectivity index (χ4n) is 2.19. The third kappa shape index (κ3) is 5.67. The number of hydrogen-bond acceptors (Lipinski definition) is 6. The number of nitrogens with one attached hydrogen (secondary N) is 1. The molecule has 2 rings (SSSR count). The van der Waals surface area contributed by atoms with E-state index >= 15 is 0 Å². The number of nitrogens with two attached hydrogens (primary N) is 1. The van der Waals surface area contributed by atoms with Crippen molar-refractivity contribution < 1.29 is 4.74 Å². The molecule has 0 saturated carbocycles. The van der Waals surface area contributed by atoms with Gasteiger partial charge in [-0.25, -0.2) is 9.98 Å². The Morgan fingerprint density at radius 3 is 2.86 bits per heavy atom. The summed E-state index contributed by atoms with van der Waals surface area (Å²) in [6.45, 7) is 8.05. The monoisotopic (exact) mass is 321 g/mol. The molecule has 0 amide bonds. The van der Waals surface area contributed by atoms with Gasteiger partial charge in [-0.2, -0.15) is 0 Å². The molecule has 0 atom stereocenters. The molecule has 6 nitrogen and oxygen atoms in total. The number of anilines is 2. The SMILES string of the molecule is CC(=N/C=C(/C)S)Nc1cc(CN2CCOCC2)cc(N)n1. The molecule has 1 saturated heterocycles. The highest BCUT2D eigenvalue weighted by atomic mass is 32.1. The summed E-state index contributed by atoms with van der Waals surface area (Å²) in [5.41, 5.74) is 7.03. The summed E-state index contributed by atoms with van der Waals surface area (Å²) in [4.78, 5) is 11.7. The number of aromatic nitrogens is 1. The highest BCUT2D eigenvalue weighted by Gasteiger charge is 2.11. The van der Waals surface area contributed by atoms with Gasteiger partial charge >= 0.3 is 0 Å². The summed E-state index contributed by atoms with van der Waals surface area (Å²) in [6.07, 6.45) is 1.69. The molecule has 120 valence electrons. The Kier molecular flexibility index (Phi) is 6.23. The van der Waals surface area contributed by atoms with Crippen LogP contribution in [-0.4, -0.2) is 42.0 Å². The topological polar surface area (TPSA) is 75.8 Å². The molecule has 0 aromatic carbocycles. The van der Waals surface area contributed by atoms with Crippen LogP contribution in [0.5, 0.6) is 0 Å². The van der Waals surface area contributed by atoms with Crippen LogP contribution in [0.15, 0.2) is 28.2 Å². The van der Waals surface area contributed by atoms with Crippen molar-refractivity contribution in [3.63, 3.8) is 0 Å². The first-order valence-corrected chi connectivity index (χ1v) is 7.71. The van der Waals surface area contributed by atoms with Gasteiger partial charge < -0.3 is 15.8 Å². The third-order valence-electron chi connectivity index (χ3n) is 3.17. The molecule has 7 heteroatoms. The molecular formula is C15H23N5OS. The van der Waals surface area contributed by atoms with Gasteiger partial charge in [0.05, 0.1) is 13.2 Å². The molecule has 1 aliphatic rings. The summed E-state index contributed by atoms with van der Waals surface area (Å²) in [5.74, 6) is 1.94. The van der Waals surface area contributed by atoms with Crippen LogP contribution >= 0.6 is 12.6 Å². The molecule has 1 fully saturated rings. The molecule has 0 aliphatic carbocycles. The summed E-state index contributed by atoms with van der Waals surface area (Å²) in [7, 11) is 0. The van der Waals surface area contributed by atoms with Crippen LogP contribution in [0.3, 0.4) is 0 Å². The Labute approximate surface area is 136 Å². The summed E-state index contributed by atoms with van der Waals surface area (Å²) in [5, 5.41) is 3.15. The zero-order valence-electron chi connectivity index (χ0n) is 13.0. The number of aliphatic imine (C=N–C) groups is 1. The van der Waals surface area contributed by atoms with Crippen LogP contribution in [0.4, 0.5) is 11.6 Å². The van der Waals surface area contributed by atoms with Crippen molar-refractivity contribution in [1.82, 2.24) is 9.88 Å². The summed E-state index contributed by atoms with van der Waals surface area (Å²) in [6, 6.07) is 3.91. The highest BCUT2D eigenvalue weighted by Crippen LogP contribution is 2.15. The summed E-state index contributed by atoms with van der Waals surface area (Å²) < 4.78 is 5.37. The molecule has 0 unspecified atom stereocenters. The van der Waals surface area contributed by atoms with Gasteiger partial charge in [-0.3, -0.25) is 4.90 Å². The van der Waals surface area contributed by atoms with Crippen LogP contribution in [0.1, 0.15) is 19.4 Å². The summed E-state index contributed by atoms with van der Waals surface area (Å²) >= 11 is 4.18. The molecule has 1 aromatic heterocycles. The predicted octanol–water partition coefficient (Wildman–Crippen LogP) is 2.12. The van der Waals surface area contributed by atoms with Crippen molar-refractivity contribution in [1.29, 1.82) is 0 Å². The quantitative estimate of drug-likeness (QED) is 0.450. The number of rotatable bonds is 4. The van der Waals surface area contributed by atoms with Crippen molar-refractivity contribution in [2.75, 3.05) is 37.4 Å². The fraction of sp³-hybridized carbons (Fsp3) is 0.467. The van der Waals surface area contributed by atoms with Crippen LogP contribution in [0.2, 0.25) is 0 Å². The van der Waals surface area contributed by atoms with E-state index in [1.165, 1.54) is 0 Å². The van der Waals surface area contributed by atoms with Gasteiger partial charge in [-0.15, -0.1) is 12.6 Å². The normalized spacial score (nSPS) is 17.6. The van der Waals surface area contributed by atoms with Crippen LogP contribution < -0.4 is 11.1 Å². The van der Waals surface area contributed by atoms with Gasteiger partial charge in [-0.05, 0) is 36.4 Å². The number of nitrogen functional groups attached to an aromatic ring is 1. The smallest absolute Gasteiger partial charge is 0.133 e. The second kappa shape index (κ2) is 8.17. The van der Waals surface area contributed by atoms with Gasteiger partial charge in [0.25, 0.3) is 0 Å². The number of morpholine rings is 1. The number of allylic oxidation sites excluding steroid dienone is 1. The van der Waals surface area contributed by atoms with Gasteiger partial charge in [0, 0.05) is 25.8 Å². The zero-order valence-corrected chi connectivity index (χ0v) is 13.9. The average molecular weight is 321 g/mol. The van der Waals surface area contributed by atoms with E-state index in [1.807, 2.05) is 26.0 Å². The predicted molar refractivity (Wildman–Crippen MR) is 94.2 cm³/mol. The first-order chi connectivity index (χ1) is 10.5. The van der Waals surface area contributed by atoms with Gasteiger partial charge in [0.15, 0.2) is 0 Å². The van der Waals surface area contributed by atoms with Crippen LogP contribution in [0.25, 0.3) is 0 Å². The van der Waals surface area contributed by atoms with Crippen molar-refractivity contribution in [3.05, 3.63) is 28.8 Å². The minimum atomic E-state index is 0.502. The second-order valence-corrected chi connectivity index (χ2v) is 5.99. The Bertz CT molecular complexity index is 563. The van der Waals surface area contributed by atoms with E-state index in [-0.39, 0.29) is 0 Å². The van der Waals surface area contributed by atoms with E-state index in [2.05, 4.69) is 32.8 Å². The van der Waals surface area contributed by atoms with E-state index in [0.717, 1.165) is 49.2 Å². The van der Waals surface area contributed by atoms with E-state index in [4.69, 9.17) is 10.5 Å². The van der Waals surface area contributed by atoms with E-state index < -0.39 is 0 Å². The second-order valence-electron chi connectivity index (χ2n) is 5.28. The lowest BCUT2D eigenvalue weighted by Gasteiger charge is -2.26. The van der Waals surface area contributed by atoms with Crippen molar-refractivity contribution in [2.24, 2.45) is 4.99 Å². The lowest BCUT2D eigenvalue weighted by Crippen LogP contribution is -2.35. The maximum absolute atomic E-state index is 5.90. The number of hydrogen-bond donors (Lipinski definition) is 3. The Balaban J connectivity index is 2.05. The van der Waals surface area contributed by atoms with E-state index in [0.29, 0.717) is 11.6 Å². The van der Waals surface area contributed by atoms with E-state index in [1.54, 1.807) is 6.20 Å². The molecule has 22 heavy (non-hydrogen) atoms. The van der Waals surface area contributed by atoms with Crippen molar-refractivity contribution in [2.45, 2.75) is 20.4 Å². The first kappa shape index (κ1) is 16.8. The lowest BCUT2D eigenvalue weighted by molar-refractivity contribution is 0.0342. The number of thiol groups is 1. The molecule has 0 radical (unpaired) electrons. The largest absolute Gasteiger partial charge is 0.384 e. The maximum atomic E-state index is 5.90. The average Bonchev–Trinajstić information content (AvgIpc) is 2.45. The van der Waals surface area contributed by atoms with E-state index in [9.17, 15) is 0 Å². The maximum Gasteiger partial charge on any atom is 0.133 e. The van der Waals surface area contributed by atoms with Gasteiger partial charge in [0.1, 0.15) is 17.5 Å². The number of ether oxygens (including phenoxy) is 1. The van der Waals surface area contributed by atoms with Gasteiger partial charge in [-0.1, -0.05) is 0 Å². The Morgan fingerprint density at radius 1 is 1.45 bits per heavy atom. The fourth-order valence-corrected chi connectivity index (χ4v) is 2.25. The third-order valence-corrected chi connectivity index (χ3v) is 3.28. The van der Waals surface area contributed by atoms with Crippen LogP contribution in [-0.2, 0) is 11.3 Å². The number of nitrogens with zero attached hydrogens (tertiary/aromatic N) is 3. The van der Waals surface area contributed by atoms with Crippen molar-refractivity contribution in [3.8, 4) is 0 Å². The Hall–Kier alpha value is -1.57. The number of amidine groups is 1. The molecule has 2 heterocycles. The first-order valence-electron chi connectivity index (χ1n) is 7.26. The molecular weight excluding hydrogens is 298 g/mol. The standard InChI is InChI=1S/C15H23N5OS/c1-11(22)9-17-12(2)18-15-8-13(7-14(16)19-15)10-20-3-5-21-6-4-20/h7-9,22H,3-6,10H2,1-2H3,(H3,16,17,18,19)/b11-9-. The van der Waals surface area contributed by atoms with Crippen LogP contribution in [0, 0.1) is 0 Å². The molecule has 0 bridgehead atoms. The van der Waals surface area contributed by atoms with Gasteiger partial charge in [0.2, 0.25) is 0 Å². The highest BCUT2D eigenvalue weighted by molar-refractivity contribution is 7.84. The molecule has 0 spiro atoms. The lowest BCUT2D eigenvalue weighted by atomic mass is 10.2. The minimum absolute atomic E-state index is 0.502. The molecule has 1 aromatic rings. The Morgan fingerprint density at radius 2 is 2.18 bits per heavy atom. The zero-order chi connectivity index (χ0) is 15.9. The molecule has 3 N–H and O–H groups in total. The van der Waals surface area contributed by atoms with Crippen molar-refractivity contribution >= 4 is 30.1 Å². The number of pyridine rings is 1.